The van der Waals surface area contributed by atoms with Crippen molar-refractivity contribution in [3.05, 3.63) is 27.7 Å². The van der Waals surface area contributed by atoms with Gasteiger partial charge in [0.1, 0.15) is 6.61 Å². The molecule has 0 unspecified atom stereocenters. The highest BCUT2D eigenvalue weighted by Crippen LogP contribution is 2.27. The van der Waals surface area contributed by atoms with Crippen molar-refractivity contribution in [3.8, 4) is 0 Å². The Morgan fingerprint density at radius 1 is 1.21 bits per heavy atom. The number of carbonyl (C=O) groups excluding carboxylic acids is 2. The van der Waals surface area contributed by atoms with Gasteiger partial charge in [-0.15, -0.1) is 0 Å². The third-order valence-corrected chi connectivity index (χ3v) is 3.98. The first-order valence-electron chi connectivity index (χ1n) is 6.01. The minimum Gasteiger partial charge on any atom is -0.464 e. The van der Waals surface area contributed by atoms with Crippen LogP contribution in [0.15, 0.2) is 16.6 Å². The summed E-state index contributed by atoms with van der Waals surface area (Å²) in [5, 5.41) is 0. The largest absolute Gasteiger partial charge is 0.464 e. The number of ether oxygens (including phenoxy) is 1. The molecule has 0 bridgehead atoms. The van der Waals surface area contributed by atoms with Crippen LogP contribution in [-0.4, -0.2) is 25.0 Å². The van der Waals surface area contributed by atoms with Crippen LogP contribution in [0.2, 0.25) is 0 Å². The molecule has 0 saturated carbocycles. The van der Waals surface area contributed by atoms with Gasteiger partial charge in [0.2, 0.25) is 5.91 Å². The minimum absolute atomic E-state index is 0.0757. The molecule has 0 aliphatic carbocycles. The molecule has 1 aromatic carbocycles. The van der Waals surface area contributed by atoms with E-state index < -0.39 is 0 Å². The smallest absolute Gasteiger partial charge is 0.302 e. The Labute approximate surface area is 121 Å². The van der Waals surface area contributed by atoms with E-state index in [-0.39, 0.29) is 18.5 Å². The van der Waals surface area contributed by atoms with Crippen LogP contribution in [0.5, 0.6) is 0 Å². The Balaban J connectivity index is 2.93. The highest BCUT2D eigenvalue weighted by molar-refractivity contribution is 9.10. The third kappa shape index (κ3) is 4.35. The average Bonchev–Trinajstić information content (AvgIpc) is 2.30. The molecule has 4 nitrogen and oxygen atoms in total. The summed E-state index contributed by atoms with van der Waals surface area (Å²) in [7, 11) is 0. The molecule has 0 heterocycles. The number of hydrogen-bond donors (Lipinski definition) is 0. The second-order valence-electron chi connectivity index (χ2n) is 4.40. The maximum atomic E-state index is 11.7. The Kier molecular flexibility index (Phi) is 5.54. The first-order valence-corrected chi connectivity index (χ1v) is 6.80. The molecule has 0 atom stereocenters. The maximum absolute atomic E-state index is 11.7. The molecule has 1 amide bonds. The molecular weight excluding hydrogens is 310 g/mol. The van der Waals surface area contributed by atoms with E-state index in [9.17, 15) is 9.59 Å². The molecule has 0 spiro atoms. The summed E-state index contributed by atoms with van der Waals surface area (Å²) in [6.45, 7) is 7.36. The molecule has 104 valence electrons. The standard InChI is InChI=1S/C14H18BrNO3/c1-9-7-13(8-10(2)14(9)15)16(11(3)17)5-6-19-12(4)18/h7-8H,5-6H2,1-4H3. The third-order valence-electron chi connectivity index (χ3n) is 2.73. The fourth-order valence-corrected chi connectivity index (χ4v) is 2.06. The van der Waals surface area contributed by atoms with E-state index in [0.29, 0.717) is 6.54 Å². The Hall–Kier alpha value is -1.36. The number of esters is 1. The highest BCUT2D eigenvalue weighted by atomic mass is 79.9. The van der Waals surface area contributed by atoms with Crippen LogP contribution in [-0.2, 0) is 14.3 Å². The monoisotopic (exact) mass is 327 g/mol. The van der Waals surface area contributed by atoms with Crippen molar-refractivity contribution in [3.63, 3.8) is 0 Å². The highest BCUT2D eigenvalue weighted by Gasteiger charge is 2.14. The van der Waals surface area contributed by atoms with Crippen LogP contribution < -0.4 is 4.90 Å². The van der Waals surface area contributed by atoms with Gasteiger partial charge in [0.05, 0.1) is 6.54 Å². The number of rotatable bonds is 4. The summed E-state index contributed by atoms with van der Waals surface area (Å²) in [4.78, 5) is 24.1. The van der Waals surface area contributed by atoms with Gasteiger partial charge in [0.15, 0.2) is 0 Å². The minimum atomic E-state index is -0.341. The number of amides is 1. The number of carbonyl (C=O) groups is 2. The fourth-order valence-electron chi connectivity index (χ4n) is 1.83. The van der Waals surface area contributed by atoms with Crippen molar-refractivity contribution >= 4 is 33.5 Å². The van der Waals surface area contributed by atoms with E-state index in [2.05, 4.69) is 15.9 Å². The molecule has 0 saturated heterocycles. The number of nitrogens with zero attached hydrogens (tertiary/aromatic N) is 1. The summed E-state index contributed by atoms with van der Waals surface area (Å²) in [5.41, 5.74) is 2.94. The molecule has 1 rings (SSSR count). The van der Waals surface area contributed by atoms with Crippen molar-refractivity contribution in [2.75, 3.05) is 18.1 Å². The number of hydrogen-bond acceptors (Lipinski definition) is 3. The molecule has 0 aromatic heterocycles. The van der Waals surface area contributed by atoms with E-state index in [1.165, 1.54) is 13.8 Å². The molecule has 0 fully saturated rings. The van der Waals surface area contributed by atoms with E-state index >= 15 is 0 Å². The van der Waals surface area contributed by atoms with Gasteiger partial charge in [-0.05, 0) is 37.1 Å². The van der Waals surface area contributed by atoms with Crippen LogP contribution in [0.3, 0.4) is 0 Å². The molecular formula is C14H18BrNO3. The summed E-state index contributed by atoms with van der Waals surface area (Å²) in [6.07, 6.45) is 0. The first kappa shape index (κ1) is 15.7. The second kappa shape index (κ2) is 6.70. The molecule has 0 N–H and O–H groups in total. The SMILES string of the molecule is CC(=O)OCCN(C(C)=O)c1cc(C)c(Br)c(C)c1. The summed E-state index contributed by atoms with van der Waals surface area (Å²) < 4.78 is 5.93. The molecule has 0 radical (unpaired) electrons. The lowest BCUT2D eigenvalue weighted by Gasteiger charge is -2.22. The van der Waals surface area contributed by atoms with Crippen molar-refractivity contribution in [1.82, 2.24) is 0 Å². The summed E-state index contributed by atoms with van der Waals surface area (Å²) >= 11 is 3.50. The number of anilines is 1. The van der Waals surface area contributed by atoms with E-state index in [4.69, 9.17) is 4.74 Å². The number of aryl methyl sites for hydroxylation is 2. The number of benzene rings is 1. The van der Waals surface area contributed by atoms with Gasteiger partial charge in [0.25, 0.3) is 0 Å². The normalized spacial score (nSPS) is 10.2. The van der Waals surface area contributed by atoms with Gasteiger partial charge in [-0.25, -0.2) is 0 Å². The lowest BCUT2D eigenvalue weighted by Crippen LogP contribution is -2.32. The van der Waals surface area contributed by atoms with E-state index in [1.54, 1.807) is 4.90 Å². The van der Waals surface area contributed by atoms with Crippen LogP contribution in [0.1, 0.15) is 25.0 Å². The van der Waals surface area contributed by atoms with Crippen molar-refractivity contribution < 1.29 is 14.3 Å². The predicted molar refractivity (Wildman–Crippen MR) is 78.3 cm³/mol. The van der Waals surface area contributed by atoms with Gasteiger partial charge in [0, 0.05) is 24.0 Å². The van der Waals surface area contributed by atoms with E-state index in [1.807, 2.05) is 26.0 Å². The second-order valence-corrected chi connectivity index (χ2v) is 5.20. The van der Waals surface area contributed by atoms with Gasteiger partial charge in [-0.2, -0.15) is 0 Å². The number of halogens is 1. The Bertz CT molecular complexity index is 476. The summed E-state index contributed by atoms with van der Waals surface area (Å²) in [5.74, 6) is -0.417. The lowest BCUT2D eigenvalue weighted by molar-refractivity contribution is -0.140. The van der Waals surface area contributed by atoms with E-state index in [0.717, 1.165) is 21.3 Å². The fraction of sp³-hybridized carbons (Fsp3) is 0.429. The van der Waals surface area contributed by atoms with Crippen LogP contribution in [0.4, 0.5) is 5.69 Å². The van der Waals surface area contributed by atoms with Gasteiger partial charge < -0.3 is 9.64 Å². The molecule has 19 heavy (non-hydrogen) atoms. The zero-order valence-electron chi connectivity index (χ0n) is 11.6. The predicted octanol–water partition coefficient (Wildman–Crippen LogP) is 2.98. The quantitative estimate of drug-likeness (QED) is 0.799. The molecule has 5 heteroatoms. The van der Waals surface area contributed by atoms with Gasteiger partial charge >= 0.3 is 5.97 Å². The Morgan fingerprint density at radius 2 is 1.74 bits per heavy atom. The molecule has 0 aliphatic rings. The average molecular weight is 328 g/mol. The van der Waals surface area contributed by atoms with Crippen LogP contribution >= 0.6 is 15.9 Å². The lowest BCUT2D eigenvalue weighted by atomic mass is 10.1. The summed E-state index contributed by atoms with van der Waals surface area (Å²) in [6, 6.07) is 3.87. The van der Waals surface area contributed by atoms with Crippen LogP contribution in [0.25, 0.3) is 0 Å². The van der Waals surface area contributed by atoms with Crippen molar-refractivity contribution in [2.45, 2.75) is 27.7 Å². The van der Waals surface area contributed by atoms with Crippen molar-refractivity contribution in [2.24, 2.45) is 0 Å². The zero-order chi connectivity index (χ0) is 14.6. The Morgan fingerprint density at radius 3 is 2.16 bits per heavy atom. The van der Waals surface area contributed by atoms with Crippen molar-refractivity contribution in [1.29, 1.82) is 0 Å². The maximum Gasteiger partial charge on any atom is 0.302 e. The van der Waals surface area contributed by atoms with Gasteiger partial charge in [-0.3, -0.25) is 9.59 Å². The topological polar surface area (TPSA) is 46.6 Å². The van der Waals surface area contributed by atoms with Gasteiger partial charge in [-0.1, -0.05) is 15.9 Å². The van der Waals surface area contributed by atoms with Crippen LogP contribution in [0, 0.1) is 13.8 Å². The first-order chi connectivity index (χ1) is 8.82. The molecule has 0 aliphatic heterocycles. The molecule has 1 aromatic rings. The zero-order valence-corrected chi connectivity index (χ0v) is 13.2.